The van der Waals surface area contributed by atoms with Crippen LogP contribution in [0.25, 0.3) is 0 Å². The molecule has 19 heavy (non-hydrogen) atoms. The molecule has 1 amide bonds. The minimum Gasteiger partial charge on any atom is -0.343 e. The van der Waals surface area contributed by atoms with Crippen LogP contribution in [0.5, 0.6) is 0 Å². The lowest BCUT2D eigenvalue weighted by atomic mass is 10.1. The number of aromatic nitrogens is 2. The first kappa shape index (κ1) is 11.9. The van der Waals surface area contributed by atoms with Crippen molar-refractivity contribution in [3.63, 3.8) is 0 Å². The molecule has 2 heterocycles. The van der Waals surface area contributed by atoms with Crippen LogP contribution in [0.1, 0.15) is 30.7 Å². The Labute approximate surface area is 111 Å². The average molecular weight is 257 g/mol. The van der Waals surface area contributed by atoms with Crippen LogP contribution in [0, 0.1) is 0 Å². The van der Waals surface area contributed by atoms with E-state index in [0.717, 1.165) is 12.1 Å². The summed E-state index contributed by atoms with van der Waals surface area (Å²) >= 11 is 0. The maximum atomic E-state index is 12.1. The van der Waals surface area contributed by atoms with Crippen LogP contribution in [-0.2, 0) is 11.2 Å². The van der Waals surface area contributed by atoms with Crippen LogP contribution in [-0.4, -0.2) is 22.6 Å². The highest BCUT2D eigenvalue weighted by Crippen LogP contribution is 2.30. The second-order valence-corrected chi connectivity index (χ2v) is 4.71. The molecule has 0 saturated carbocycles. The second-order valence-electron chi connectivity index (χ2n) is 4.71. The zero-order chi connectivity index (χ0) is 13.2. The van der Waals surface area contributed by atoms with Crippen molar-refractivity contribution in [1.29, 1.82) is 0 Å². The van der Waals surface area contributed by atoms with Crippen molar-refractivity contribution in [3.8, 4) is 0 Å². The zero-order valence-electron chi connectivity index (χ0n) is 10.7. The number of aryl methyl sites for hydroxylation is 1. The first-order chi connectivity index (χ1) is 9.28. The summed E-state index contributed by atoms with van der Waals surface area (Å²) in [6.45, 7) is 2.73. The molecular formula is C14H15N3O2. The van der Waals surface area contributed by atoms with Gasteiger partial charge in [-0.1, -0.05) is 24.2 Å². The Morgan fingerprint density at radius 2 is 2.16 bits per heavy atom. The smallest absolute Gasteiger partial charge is 0.227 e. The number of carbonyl (C=O) groups is 1. The summed E-state index contributed by atoms with van der Waals surface area (Å²) in [4.78, 5) is 17.9. The van der Waals surface area contributed by atoms with Gasteiger partial charge in [-0.15, -0.1) is 0 Å². The Bertz CT molecular complexity index is 563. The van der Waals surface area contributed by atoms with Crippen molar-refractivity contribution in [1.82, 2.24) is 10.1 Å². The van der Waals surface area contributed by atoms with Gasteiger partial charge in [0.15, 0.2) is 5.82 Å². The zero-order valence-corrected chi connectivity index (χ0v) is 10.7. The van der Waals surface area contributed by atoms with E-state index >= 15 is 0 Å². The maximum Gasteiger partial charge on any atom is 0.227 e. The third kappa shape index (κ3) is 2.23. The Morgan fingerprint density at radius 1 is 1.37 bits per heavy atom. The molecule has 1 fully saturated rings. The predicted molar refractivity (Wildman–Crippen MR) is 69.8 cm³/mol. The lowest BCUT2D eigenvalue weighted by molar-refractivity contribution is -0.117. The average Bonchev–Trinajstić information content (AvgIpc) is 3.08. The van der Waals surface area contributed by atoms with Crippen molar-refractivity contribution in [2.24, 2.45) is 0 Å². The molecule has 1 atom stereocenters. The highest BCUT2D eigenvalue weighted by Gasteiger charge is 2.33. The predicted octanol–water partition coefficient (Wildman–Crippen LogP) is 2.15. The molecule has 0 unspecified atom stereocenters. The number of amides is 1. The molecule has 0 bridgehead atoms. The number of hydrogen-bond acceptors (Lipinski definition) is 4. The summed E-state index contributed by atoms with van der Waals surface area (Å²) < 4.78 is 4.74. The van der Waals surface area contributed by atoms with Gasteiger partial charge in [-0.25, -0.2) is 0 Å². The molecule has 5 heteroatoms. The van der Waals surface area contributed by atoms with E-state index in [1.54, 1.807) is 4.90 Å². The van der Waals surface area contributed by atoms with Crippen LogP contribution in [0.15, 0.2) is 35.2 Å². The molecule has 5 nitrogen and oxygen atoms in total. The minimum absolute atomic E-state index is 0.0251. The van der Waals surface area contributed by atoms with E-state index in [-0.39, 0.29) is 11.8 Å². The summed E-state index contributed by atoms with van der Waals surface area (Å²) in [6, 6.07) is 8.11. The van der Waals surface area contributed by atoms with E-state index in [4.69, 9.17) is 4.52 Å². The minimum atomic E-state index is 0.0251. The molecule has 1 aromatic carbocycles. The van der Waals surface area contributed by atoms with Gasteiger partial charge in [0.05, 0.1) is 0 Å². The Morgan fingerprint density at radius 3 is 2.79 bits per heavy atom. The molecule has 1 aliphatic heterocycles. The fourth-order valence-corrected chi connectivity index (χ4v) is 2.40. The van der Waals surface area contributed by atoms with Crippen LogP contribution in [0.4, 0.5) is 5.69 Å². The van der Waals surface area contributed by atoms with Gasteiger partial charge >= 0.3 is 0 Å². The van der Waals surface area contributed by atoms with Gasteiger partial charge in [0.2, 0.25) is 12.3 Å². The first-order valence-electron chi connectivity index (χ1n) is 6.43. The van der Waals surface area contributed by atoms with Crippen molar-refractivity contribution >= 4 is 11.6 Å². The number of hydrogen-bond donors (Lipinski definition) is 0. The third-order valence-corrected chi connectivity index (χ3v) is 3.52. The number of rotatable bonds is 3. The van der Waals surface area contributed by atoms with Crippen molar-refractivity contribution in [2.45, 2.75) is 25.7 Å². The Hall–Kier alpha value is -2.17. The summed E-state index contributed by atoms with van der Waals surface area (Å²) in [5.74, 6) is 0.747. The van der Waals surface area contributed by atoms with E-state index in [2.05, 4.69) is 29.2 Å². The van der Waals surface area contributed by atoms with Crippen LogP contribution in [0.2, 0.25) is 0 Å². The monoisotopic (exact) mass is 257 g/mol. The number of nitrogens with zero attached hydrogens (tertiary/aromatic N) is 3. The second kappa shape index (κ2) is 4.84. The lowest BCUT2D eigenvalue weighted by Crippen LogP contribution is -2.24. The van der Waals surface area contributed by atoms with Gasteiger partial charge < -0.3 is 9.42 Å². The van der Waals surface area contributed by atoms with Gasteiger partial charge in [0, 0.05) is 24.6 Å². The Kier molecular flexibility index (Phi) is 3.03. The summed E-state index contributed by atoms with van der Waals surface area (Å²) in [5, 5.41) is 3.82. The lowest BCUT2D eigenvalue weighted by Gasteiger charge is -2.16. The number of anilines is 1. The van der Waals surface area contributed by atoms with Crippen molar-refractivity contribution < 1.29 is 9.32 Å². The van der Waals surface area contributed by atoms with Gasteiger partial charge in [-0.05, 0) is 24.1 Å². The molecule has 0 radical (unpaired) electrons. The molecule has 0 spiro atoms. The molecule has 1 aliphatic rings. The summed E-state index contributed by atoms with van der Waals surface area (Å²) in [5.41, 5.74) is 2.21. The fraction of sp³-hybridized carbons (Fsp3) is 0.357. The van der Waals surface area contributed by atoms with E-state index < -0.39 is 0 Å². The number of benzene rings is 1. The molecule has 0 aliphatic carbocycles. The van der Waals surface area contributed by atoms with Crippen LogP contribution in [0.3, 0.4) is 0 Å². The third-order valence-electron chi connectivity index (χ3n) is 3.52. The molecule has 3 rings (SSSR count). The van der Waals surface area contributed by atoms with E-state index in [0.29, 0.717) is 18.8 Å². The first-order valence-corrected chi connectivity index (χ1v) is 6.43. The standard InChI is InChI=1S/C14H15N3O2/c1-2-10-3-5-12(6-4-10)17-8-11(7-13(17)18)14-15-9-19-16-14/h3-6,9,11H,2,7-8H2,1H3/t11-/m1/s1. The van der Waals surface area contributed by atoms with Gasteiger partial charge in [0.25, 0.3) is 0 Å². The molecule has 0 N–H and O–H groups in total. The van der Waals surface area contributed by atoms with E-state index in [1.165, 1.54) is 12.0 Å². The maximum absolute atomic E-state index is 12.1. The van der Waals surface area contributed by atoms with Gasteiger partial charge in [-0.2, -0.15) is 4.98 Å². The normalized spacial score (nSPS) is 19.1. The number of carbonyl (C=O) groups excluding carboxylic acids is 1. The quantitative estimate of drug-likeness (QED) is 0.845. The fourth-order valence-electron chi connectivity index (χ4n) is 2.40. The van der Waals surface area contributed by atoms with Crippen molar-refractivity contribution in [3.05, 3.63) is 42.0 Å². The molecule has 1 aromatic heterocycles. The largest absolute Gasteiger partial charge is 0.343 e. The van der Waals surface area contributed by atoms with Crippen LogP contribution >= 0.6 is 0 Å². The summed E-state index contributed by atoms with van der Waals surface area (Å²) in [7, 11) is 0. The van der Waals surface area contributed by atoms with Crippen molar-refractivity contribution in [2.75, 3.05) is 11.4 Å². The highest BCUT2D eigenvalue weighted by atomic mass is 16.5. The van der Waals surface area contributed by atoms with Crippen LogP contribution < -0.4 is 4.90 Å². The van der Waals surface area contributed by atoms with E-state index in [1.807, 2.05) is 12.1 Å². The SMILES string of the molecule is CCc1ccc(N2C[C@H](c3ncon3)CC2=O)cc1. The molecule has 1 saturated heterocycles. The topological polar surface area (TPSA) is 59.2 Å². The molecular weight excluding hydrogens is 242 g/mol. The van der Waals surface area contributed by atoms with Gasteiger partial charge in [-0.3, -0.25) is 4.79 Å². The van der Waals surface area contributed by atoms with E-state index in [9.17, 15) is 4.79 Å². The van der Waals surface area contributed by atoms with Gasteiger partial charge in [0.1, 0.15) is 0 Å². The summed E-state index contributed by atoms with van der Waals surface area (Å²) in [6.07, 6.45) is 2.74. The molecule has 2 aromatic rings. The molecule has 98 valence electrons. The Balaban J connectivity index is 1.79. The highest BCUT2D eigenvalue weighted by molar-refractivity contribution is 5.96.